The van der Waals surface area contributed by atoms with Crippen molar-refractivity contribution in [2.45, 2.75) is 4.90 Å². The van der Waals surface area contributed by atoms with Gasteiger partial charge in [-0.15, -0.1) is 11.8 Å². The maximum absolute atomic E-state index is 12.1. The van der Waals surface area contributed by atoms with E-state index in [1.54, 1.807) is 23.9 Å². The highest BCUT2D eigenvalue weighted by molar-refractivity contribution is 8.18. The van der Waals surface area contributed by atoms with Gasteiger partial charge in [0.2, 0.25) is 0 Å². The third-order valence-corrected chi connectivity index (χ3v) is 4.99. The Morgan fingerprint density at radius 2 is 2.00 bits per heavy atom. The number of hydrogen-bond acceptors (Lipinski definition) is 4. The molecule has 0 unspecified atom stereocenters. The first kappa shape index (κ1) is 16.2. The van der Waals surface area contributed by atoms with Gasteiger partial charge in [-0.25, -0.2) is 4.99 Å². The van der Waals surface area contributed by atoms with Gasteiger partial charge in [0, 0.05) is 9.92 Å². The van der Waals surface area contributed by atoms with Gasteiger partial charge in [0.05, 0.1) is 10.6 Å². The molecule has 0 aliphatic carbocycles. The minimum Gasteiger partial charge on any atom is -0.300 e. The van der Waals surface area contributed by atoms with E-state index in [2.05, 4.69) is 10.3 Å². The maximum atomic E-state index is 12.1. The van der Waals surface area contributed by atoms with Crippen LogP contribution in [0.4, 0.5) is 5.69 Å². The number of benzene rings is 2. The summed E-state index contributed by atoms with van der Waals surface area (Å²) >= 11 is 8.96. The van der Waals surface area contributed by atoms with Crippen LogP contribution in [0.5, 0.6) is 0 Å². The lowest BCUT2D eigenvalue weighted by atomic mass is 10.2. The summed E-state index contributed by atoms with van der Waals surface area (Å²) in [5.74, 6) is -0.135. The Labute approximate surface area is 148 Å². The second-order valence-corrected chi connectivity index (χ2v) is 7.08. The van der Waals surface area contributed by atoms with Crippen molar-refractivity contribution < 1.29 is 4.79 Å². The molecule has 1 aliphatic heterocycles. The van der Waals surface area contributed by atoms with Gasteiger partial charge in [0.15, 0.2) is 5.17 Å². The van der Waals surface area contributed by atoms with E-state index >= 15 is 0 Å². The van der Waals surface area contributed by atoms with Gasteiger partial charge in [0.1, 0.15) is 0 Å². The summed E-state index contributed by atoms with van der Waals surface area (Å²) in [7, 11) is 0. The number of hydrogen-bond donors (Lipinski definition) is 1. The van der Waals surface area contributed by atoms with Crippen LogP contribution in [0.2, 0.25) is 5.02 Å². The monoisotopic (exact) mass is 360 g/mol. The van der Waals surface area contributed by atoms with Crippen LogP contribution in [-0.4, -0.2) is 17.3 Å². The van der Waals surface area contributed by atoms with Crippen LogP contribution in [0.15, 0.2) is 63.3 Å². The van der Waals surface area contributed by atoms with E-state index < -0.39 is 0 Å². The first-order valence-corrected chi connectivity index (χ1v) is 9.25. The van der Waals surface area contributed by atoms with Crippen LogP contribution in [0.25, 0.3) is 6.08 Å². The van der Waals surface area contributed by atoms with Crippen molar-refractivity contribution in [2.75, 3.05) is 6.26 Å². The smallest absolute Gasteiger partial charge is 0.264 e. The third kappa shape index (κ3) is 4.19. The van der Waals surface area contributed by atoms with Crippen molar-refractivity contribution in [1.82, 2.24) is 5.32 Å². The first-order valence-electron chi connectivity index (χ1n) is 6.83. The van der Waals surface area contributed by atoms with Crippen molar-refractivity contribution in [1.29, 1.82) is 0 Å². The summed E-state index contributed by atoms with van der Waals surface area (Å²) in [5.41, 5.74) is 1.70. The number of carbonyl (C=O) groups is 1. The van der Waals surface area contributed by atoms with Crippen LogP contribution in [0.1, 0.15) is 5.56 Å². The molecular weight excluding hydrogens is 348 g/mol. The van der Waals surface area contributed by atoms with Crippen molar-refractivity contribution in [3.8, 4) is 0 Å². The van der Waals surface area contributed by atoms with E-state index in [0.29, 0.717) is 20.8 Å². The molecule has 6 heteroatoms. The fraction of sp³-hybridized carbons (Fsp3) is 0.0588. The van der Waals surface area contributed by atoms with E-state index in [9.17, 15) is 4.79 Å². The summed E-state index contributed by atoms with van der Waals surface area (Å²) in [6.45, 7) is 0. The molecule has 1 amide bonds. The highest BCUT2D eigenvalue weighted by Gasteiger charge is 2.23. The lowest BCUT2D eigenvalue weighted by Crippen LogP contribution is -2.19. The molecule has 2 aromatic carbocycles. The maximum Gasteiger partial charge on any atom is 0.264 e. The largest absolute Gasteiger partial charge is 0.300 e. The van der Waals surface area contributed by atoms with Crippen LogP contribution in [-0.2, 0) is 4.79 Å². The number of rotatable bonds is 3. The summed E-state index contributed by atoms with van der Waals surface area (Å²) in [4.78, 5) is 18.3. The summed E-state index contributed by atoms with van der Waals surface area (Å²) in [6, 6.07) is 15.3. The molecule has 0 radical (unpaired) electrons. The first-order chi connectivity index (χ1) is 11.1. The number of thioether (sulfide) groups is 2. The molecule has 0 saturated carbocycles. The molecular formula is C17H13ClN2OS2. The van der Waals surface area contributed by atoms with E-state index in [-0.39, 0.29) is 5.91 Å². The molecule has 116 valence electrons. The Balaban J connectivity index is 1.80. The molecule has 1 aliphatic rings. The molecule has 2 aromatic rings. The van der Waals surface area contributed by atoms with E-state index in [1.807, 2.05) is 48.7 Å². The summed E-state index contributed by atoms with van der Waals surface area (Å²) in [6.07, 6.45) is 3.90. The fourth-order valence-corrected chi connectivity index (χ4v) is 3.43. The van der Waals surface area contributed by atoms with Gasteiger partial charge < -0.3 is 5.32 Å². The molecule has 0 aromatic heterocycles. The second kappa shape index (κ2) is 7.25. The highest BCUT2D eigenvalue weighted by Crippen LogP contribution is 2.29. The normalized spacial score (nSPS) is 17.7. The Kier molecular flexibility index (Phi) is 5.10. The summed E-state index contributed by atoms with van der Waals surface area (Å²) in [5, 5.41) is 3.95. The van der Waals surface area contributed by atoms with Gasteiger partial charge >= 0.3 is 0 Å². The van der Waals surface area contributed by atoms with Crippen molar-refractivity contribution in [3.63, 3.8) is 0 Å². The molecule has 0 atom stereocenters. The summed E-state index contributed by atoms with van der Waals surface area (Å²) < 4.78 is 0. The zero-order valence-corrected chi connectivity index (χ0v) is 14.6. The molecule has 1 heterocycles. The molecule has 1 saturated heterocycles. The zero-order valence-electron chi connectivity index (χ0n) is 12.2. The van der Waals surface area contributed by atoms with Gasteiger partial charge in [-0.05, 0) is 60.0 Å². The van der Waals surface area contributed by atoms with Crippen molar-refractivity contribution in [2.24, 2.45) is 4.99 Å². The highest BCUT2D eigenvalue weighted by atomic mass is 35.5. The predicted octanol–water partition coefficient (Wildman–Crippen LogP) is 4.95. The quantitative estimate of drug-likeness (QED) is 0.621. The molecule has 3 nitrogen and oxygen atoms in total. The van der Waals surface area contributed by atoms with E-state index in [0.717, 1.165) is 5.56 Å². The molecule has 0 spiro atoms. The standard InChI is InChI=1S/C17H13ClN2OS2/c1-22-14-7-5-11(6-8-14)9-15-16(21)20-17(23-15)19-13-4-2-3-12(18)10-13/h2-10H,1H3,(H,19,20,21)/b15-9+. The number of nitrogens with zero attached hydrogens (tertiary/aromatic N) is 1. The van der Waals surface area contributed by atoms with E-state index in [4.69, 9.17) is 11.6 Å². The topological polar surface area (TPSA) is 41.5 Å². The minimum atomic E-state index is -0.135. The second-order valence-electron chi connectivity index (χ2n) is 4.73. The van der Waals surface area contributed by atoms with Crippen LogP contribution >= 0.6 is 35.1 Å². The Morgan fingerprint density at radius 1 is 1.22 bits per heavy atom. The SMILES string of the molecule is CSc1ccc(/C=C2/SC(=Nc3cccc(Cl)c3)NC2=O)cc1. The van der Waals surface area contributed by atoms with E-state index in [1.165, 1.54) is 16.7 Å². The van der Waals surface area contributed by atoms with Crippen LogP contribution in [0.3, 0.4) is 0 Å². The number of nitrogens with one attached hydrogen (secondary N) is 1. The lowest BCUT2D eigenvalue weighted by molar-refractivity contribution is -0.115. The molecule has 23 heavy (non-hydrogen) atoms. The molecule has 1 fully saturated rings. The van der Waals surface area contributed by atoms with Crippen molar-refractivity contribution >= 4 is 58.0 Å². The average molecular weight is 361 g/mol. The Bertz CT molecular complexity index is 800. The van der Waals surface area contributed by atoms with Gasteiger partial charge in [-0.2, -0.15) is 0 Å². The number of amidine groups is 1. The number of carbonyl (C=O) groups excluding carboxylic acids is 1. The number of amides is 1. The lowest BCUT2D eigenvalue weighted by Gasteiger charge is -1.98. The van der Waals surface area contributed by atoms with Gasteiger partial charge in [0.25, 0.3) is 5.91 Å². The molecule has 0 bridgehead atoms. The predicted molar refractivity (Wildman–Crippen MR) is 100 cm³/mol. The van der Waals surface area contributed by atoms with Gasteiger partial charge in [-0.3, -0.25) is 4.79 Å². The number of aliphatic imine (C=N–C) groups is 1. The third-order valence-electron chi connectivity index (χ3n) is 3.10. The Morgan fingerprint density at radius 3 is 2.70 bits per heavy atom. The fourth-order valence-electron chi connectivity index (χ4n) is 1.99. The Hall–Kier alpha value is -1.69. The average Bonchev–Trinajstić information content (AvgIpc) is 2.87. The van der Waals surface area contributed by atoms with Gasteiger partial charge in [-0.1, -0.05) is 29.8 Å². The number of halogens is 1. The zero-order chi connectivity index (χ0) is 16.2. The molecule has 1 N–H and O–H groups in total. The van der Waals surface area contributed by atoms with Crippen molar-refractivity contribution in [3.05, 3.63) is 64.0 Å². The van der Waals surface area contributed by atoms with Crippen LogP contribution in [0, 0.1) is 0 Å². The van der Waals surface area contributed by atoms with Crippen LogP contribution < -0.4 is 5.32 Å². The minimum absolute atomic E-state index is 0.135. The molecule has 3 rings (SSSR count).